The third-order valence-electron chi connectivity index (χ3n) is 4.05. The van der Waals surface area contributed by atoms with Crippen molar-refractivity contribution in [3.05, 3.63) is 29.8 Å². The van der Waals surface area contributed by atoms with Crippen molar-refractivity contribution >= 4 is 5.95 Å². The van der Waals surface area contributed by atoms with Gasteiger partial charge in [0.25, 0.3) is 0 Å². The fraction of sp³-hybridized carbons (Fsp3) is 0.600. The lowest BCUT2D eigenvalue weighted by atomic mass is 9.90. The molecule has 2 aromatic rings. The molecule has 0 aliphatic carbocycles. The van der Waals surface area contributed by atoms with E-state index in [1.165, 1.54) is 0 Å². The van der Waals surface area contributed by atoms with E-state index in [-0.39, 0.29) is 6.04 Å². The molecular formula is C15H22N6O. The van der Waals surface area contributed by atoms with Gasteiger partial charge < -0.3 is 10.0 Å². The number of β-amino-alcohol motifs (C(OH)–C–C–N with tert-alkyl or cyclic N) is 1. The highest BCUT2D eigenvalue weighted by atomic mass is 16.3. The molecule has 0 radical (unpaired) electrons. The van der Waals surface area contributed by atoms with Crippen molar-refractivity contribution in [2.24, 2.45) is 0 Å². The van der Waals surface area contributed by atoms with Gasteiger partial charge in [-0.2, -0.15) is 0 Å². The molecule has 3 heterocycles. The maximum Gasteiger partial charge on any atom is 0.225 e. The van der Waals surface area contributed by atoms with Crippen molar-refractivity contribution < 1.29 is 5.11 Å². The molecule has 1 aliphatic rings. The van der Waals surface area contributed by atoms with Crippen LogP contribution in [0.4, 0.5) is 5.95 Å². The molecule has 7 nitrogen and oxygen atoms in total. The lowest BCUT2D eigenvalue weighted by Crippen LogP contribution is -2.47. The van der Waals surface area contributed by atoms with E-state index < -0.39 is 5.60 Å². The van der Waals surface area contributed by atoms with Crippen molar-refractivity contribution in [3.8, 4) is 0 Å². The zero-order valence-electron chi connectivity index (χ0n) is 13.3. The second-order valence-electron chi connectivity index (χ2n) is 6.23. The highest BCUT2D eigenvalue weighted by Gasteiger charge is 2.38. The van der Waals surface area contributed by atoms with Crippen molar-refractivity contribution in [1.29, 1.82) is 0 Å². The van der Waals surface area contributed by atoms with Crippen LogP contribution in [-0.4, -0.2) is 43.2 Å². The van der Waals surface area contributed by atoms with Crippen LogP contribution in [-0.2, 0) is 5.60 Å². The van der Waals surface area contributed by atoms with Gasteiger partial charge in [-0.1, -0.05) is 5.21 Å². The van der Waals surface area contributed by atoms with Crippen LogP contribution >= 0.6 is 0 Å². The predicted molar refractivity (Wildman–Crippen MR) is 82.5 cm³/mol. The summed E-state index contributed by atoms with van der Waals surface area (Å²) in [7, 11) is 0. The molecule has 0 saturated carbocycles. The molecule has 7 heteroatoms. The van der Waals surface area contributed by atoms with Gasteiger partial charge in [-0.3, -0.25) is 0 Å². The number of anilines is 1. The van der Waals surface area contributed by atoms with E-state index in [1.54, 1.807) is 10.9 Å². The summed E-state index contributed by atoms with van der Waals surface area (Å²) in [5, 5.41) is 19.3. The molecule has 1 saturated heterocycles. The highest BCUT2D eigenvalue weighted by molar-refractivity contribution is 5.33. The van der Waals surface area contributed by atoms with Crippen molar-refractivity contribution in [2.45, 2.75) is 45.3 Å². The molecule has 0 unspecified atom stereocenters. The SMILES string of the molecule is Cc1ccnc(N2CCC[C@@](O)(c3cn(C(C)C)nn3)C2)n1. The number of aliphatic hydroxyl groups is 1. The lowest BCUT2D eigenvalue weighted by Gasteiger charge is -2.37. The molecule has 1 fully saturated rings. The third-order valence-corrected chi connectivity index (χ3v) is 4.05. The molecule has 1 aliphatic heterocycles. The van der Waals surface area contributed by atoms with Crippen LogP contribution in [0.3, 0.4) is 0 Å². The number of hydrogen-bond donors (Lipinski definition) is 1. The van der Waals surface area contributed by atoms with E-state index >= 15 is 0 Å². The number of nitrogens with zero attached hydrogens (tertiary/aromatic N) is 6. The molecule has 22 heavy (non-hydrogen) atoms. The van der Waals surface area contributed by atoms with Gasteiger partial charge >= 0.3 is 0 Å². The molecule has 0 bridgehead atoms. The first-order valence-corrected chi connectivity index (χ1v) is 7.67. The first-order valence-electron chi connectivity index (χ1n) is 7.67. The number of hydrogen-bond acceptors (Lipinski definition) is 6. The van der Waals surface area contributed by atoms with Gasteiger partial charge in [0.2, 0.25) is 5.95 Å². The second kappa shape index (κ2) is 5.64. The Kier molecular flexibility index (Phi) is 3.82. The summed E-state index contributed by atoms with van der Waals surface area (Å²) in [6.07, 6.45) is 5.13. The third kappa shape index (κ3) is 2.81. The van der Waals surface area contributed by atoms with Crippen molar-refractivity contribution in [3.63, 3.8) is 0 Å². The first-order chi connectivity index (χ1) is 10.5. The normalized spacial score (nSPS) is 22.3. The van der Waals surface area contributed by atoms with E-state index in [0.29, 0.717) is 24.6 Å². The van der Waals surface area contributed by atoms with Gasteiger partial charge in [0.05, 0.1) is 12.7 Å². The molecular weight excluding hydrogens is 280 g/mol. The summed E-state index contributed by atoms with van der Waals surface area (Å²) in [6.45, 7) is 7.29. The monoisotopic (exact) mass is 302 g/mol. The summed E-state index contributed by atoms with van der Waals surface area (Å²) in [4.78, 5) is 10.8. The summed E-state index contributed by atoms with van der Waals surface area (Å²) < 4.78 is 1.77. The van der Waals surface area contributed by atoms with Crippen molar-refractivity contribution in [1.82, 2.24) is 25.0 Å². The Labute approximate surface area is 130 Å². The quantitative estimate of drug-likeness (QED) is 0.924. The van der Waals surface area contributed by atoms with Crippen LogP contribution in [0.15, 0.2) is 18.5 Å². The Hall–Kier alpha value is -2.02. The maximum absolute atomic E-state index is 11.0. The molecule has 0 aromatic carbocycles. The summed E-state index contributed by atoms with van der Waals surface area (Å²) in [6, 6.07) is 2.10. The second-order valence-corrected chi connectivity index (χ2v) is 6.23. The summed E-state index contributed by atoms with van der Waals surface area (Å²) >= 11 is 0. The van der Waals surface area contributed by atoms with Crippen LogP contribution in [0.2, 0.25) is 0 Å². The molecule has 3 rings (SSSR count). The van der Waals surface area contributed by atoms with Gasteiger partial charge in [-0.05, 0) is 39.7 Å². The summed E-state index contributed by atoms with van der Waals surface area (Å²) in [5.74, 6) is 0.661. The maximum atomic E-state index is 11.0. The van der Waals surface area contributed by atoms with E-state index in [2.05, 4.69) is 20.3 Å². The Morgan fingerprint density at radius 3 is 2.86 bits per heavy atom. The Morgan fingerprint density at radius 1 is 1.36 bits per heavy atom. The van der Waals surface area contributed by atoms with Crippen LogP contribution in [0.25, 0.3) is 0 Å². The average molecular weight is 302 g/mol. The lowest BCUT2D eigenvalue weighted by molar-refractivity contribution is 0.0172. The minimum absolute atomic E-state index is 0.227. The molecule has 2 aromatic heterocycles. The molecule has 0 amide bonds. The Morgan fingerprint density at radius 2 is 2.18 bits per heavy atom. The van der Waals surface area contributed by atoms with Gasteiger partial charge in [-0.15, -0.1) is 5.10 Å². The number of aromatic nitrogens is 5. The van der Waals surface area contributed by atoms with Gasteiger partial charge in [0.15, 0.2) is 0 Å². The smallest absolute Gasteiger partial charge is 0.225 e. The zero-order valence-corrected chi connectivity index (χ0v) is 13.3. The van der Waals surface area contributed by atoms with Gasteiger partial charge in [0, 0.05) is 24.5 Å². The Bertz CT molecular complexity index is 655. The number of piperidine rings is 1. The van der Waals surface area contributed by atoms with Crippen LogP contribution < -0.4 is 4.90 Å². The Balaban J connectivity index is 1.84. The average Bonchev–Trinajstić information content (AvgIpc) is 2.98. The van der Waals surface area contributed by atoms with E-state index in [1.807, 2.05) is 37.9 Å². The topological polar surface area (TPSA) is 80.0 Å². The summed E-state index contributed by atoms with van der Waals surface area (Å²) in [5.41, 5.74) is 0.543. The molecule has 1 N–H and O–H groups in total. The van der Waals surface area contributed by atoms with Crippen LogP contribution in [0.5, 0.6) is 0 Å². The van der Waals surface area contributed by atoms with Gasteiger partial charge in [0.1, 0.15) is 11.3 Å². The fourth-order valence-corrected chi connectivity index (χ4v) is 2.75. The standard InChI is InChI=1S/C15H22N6O/c1-11(2)21-9-13(18-19-21)15(22)6-4-8-20(10-15)14-16-7-5-12(3)17-14/h5,7,9,11,22H,4,6,8,10H2,1-3H3/t15-/m0/s1. The van der Waals surface area contributed by atoms with Crippen LogP contribution in [0, 0.1) is 6.92 Å². The molecule has 118 valence electrons. The minimum atomic E-state index is -1.00. The molecule has 0 spiro atoms. The number of rotatable bonds is 3. The van der Waals surface area contributed by atoms with Crippen LogP contribution in [0.1, 0.15) is 44.1 Å². The van der Waals surface area contributed by atoms with E-state index in [0.717, 1.165) is 18.7 Å². The highest BCUT2D eigenvalue weighted by Crippen LogP contribution is 2.31. The van der Waals surface area contributed by atoms with E-state index in [4.69, 9.17) is 0 Å². The van der Waals surface area contributed by atoms with Crippen molar-refractivity contribution in [2.75, 3.05) is 18.0 Å². The minimum Gasteiger partial charge on any atom is -0.382 e. The fourth-order valence-electron chi connectivity index (χ4n) is 2.75. The number of aryl methyl sites for hydroxylation is 1. The largest absolute Gasteiger partial charge is 0.382 e. The molecule has 1 atom stereocenters. The van der Waals surface area contributed by atoms with Gasteiger partial charge in [-0.25, -0.2) is 14.6 Å². The van der Waals surface area contributed by atoms with E-state index in [9.17, 15) is 5.11 Å². The first kappa shape index (κ1) is 14.9. The zero-order chi connectivity index (χ0) is 15.7. The predicted octanol–water partition coefficient (Wildman–Crippen LogP) is 1.45.